The molecule has 0 aromatic carbocycles. The first-order valence-electron chi connectivity index (χ1n) is 11.1. The van der Waals surface area contributed by atoms with E-state index >= 15 is 0 Å². The monoisotopic (exact) mass is 546 g/mol. The molecule has 4 aliphatic carbocycles. The molecule has 4 aliphatic rings. The molecule has 0 aromatic heterocycles. The average Bonchev–Trinajstić information content (AvgIpc) is 2.94. The Bertz CT molecular complexity index is 786. The largest absolute Gasteiger partial charge is 0.463 e. The summed E-state index contributed by atoms with van der Waals surface area (Å²) in [6, 6.07) is 0. The van der Waals surface area contributed by atoms with E-state index in [1.165, 1.54) is 6.92 Å². The Morgan fingerprint density at radius 1 is 1.10 bits per heavy atom. The molecule has 0 spiro atoms. The third-order valence-electron chi connectivity index (χ3n) is 9.52. The predicted octanol–water partition coefficient (Wildman–Crippen LogP) is 4.35. The Morgan fingerprint density at radius 3 is 2.43 bits per heavy atom. The van der Waals surface area contributed by atoms with Crippen molar-refractivity contribution in [1.82, 2.24) is 0 Å². The van der Waals surface area contributed by atoms with Crippen molar-refractivity contribution in [3.63, 3.8) is 0 Å². The van der Waals surface area contributed by atoms with Crippen molar-refractivity contribution in [1.29, 1.82) is 0 Å². The Balaban J connectivity index is 1.68. The Hall–Kier alpha value is -0.270. The first-order chi connectivity index (χ1) is 13.9. The lowest BCUT2D eigenvalue weighted by atomic mass is 9.43. The summed E-state index contributed by atoms with van der Waals surface area (Å²) in [6.07, 6.45) is 5.64. The van der Waals surface area contributed by atoms with E-state index in [0.29, 0.717) is 12.3 Å². The lowest BCUT2D eigenvalue weighted by Gasteiger charge is -2.64. The summed E-state index contributed by atoms with van der Waals surface area (Å²) in [4.78, 5) is 38.0. The number of carbonyl (C=O) groups excluding carboxylic acids is 3. The number of halogens is 2. The van der Waals surface area contributed by atoms with Crippen LogP contribution in [0, 0.1) is 28.6 Å². The maximum Gasteiger partial charge on any atom is 0.302 e. The first-order valence-corrected chi connectivity index (χ1v) is 13.1. The van der Waals surface area contributed by atoms with Crippen LogP contribution in [0.4, 0.5) is 0 Å². The second kappa shape index (κ2) is 7.38. The van der Waals surface area contributed by atoms with E-state index in [1.54, 1.807) is 0 Å². The van der Waals surface area contributed by atoms with Crippen LogP contribution < -0.4 is 0 Å². The normalized spacial score (nSPS) is 50.3. The summed E-state index contributed by atoms with van der Waals surface area (Å²) in [7, 11) is 0. The van der Waals surface area contributed by atoms with Gasteiger partial charge in [-0.2, -0.15) is 0 Å². The van der Waals surface area contributed by atoms with Crippen LogP contribution in [0.5, 0.6) is 0 Å². The fourth-order valence-corrected chi connectivity index (χ4v) is 9.53. The van der Waals surface area contributed by atoms with Gasteiger partial charge in [0, 0.05) is 18.8 Å². The Labute approximate surface area is 195 Å². The molecule has 0 bridgehead atoms. The lowest BCUT2D eigenvalue weighted by Crippen LogP contribution is -2.69. The molecular formula is C23H32Br2O5. The fourth-order valence-electron chi connectivity index (χ4n) is 7.85. The quantitative estimate of drug-likeness (QED) is 0.419. The molecule has 1 N–H and O–H groups in total. The van der Waals surface area contributed by atoms with Gasteiger partial charge in [0.15, 0.2) is 11.6 Å². The van der Waals surface area contributed by atoms with Gasteiger partial charge >= 0.3 is 5.97 Å². The van der Waals surface area contributed by atoms with Crippen molar-refractivity contribution in [3.05, 3.63) is 0 Å². The van der Waals surface area contributed by atoms with E-state index in [0.717, 1.165) is 38.5 Å². The molecule has 0 amide bonds. The third-order valence-corrected chi connectivity index (χ3v) is 12.0. The van der Waals surface area contributed by atoms with Crippen LogP contribution >= 0.6 is 31.9 Å². The number of ether oxygens (including phenoxy) is 1. The molecule has 4 saturated carbocycles. The standard InChI is InChI=1S/C23H32Br2O5/c1-13(26)30-15-6-8-20(2)14(10-15)4-5-17-16-7-9-22(29,19(28)12-24)21(16,3)11-18(27)23(17,20)25/h14-17,29H,4-12H2,1-3H3/t14-,15+,16-,17+,20+,21+,22-,23-/m0/s1. The van der Waals surface area contributed by atoms with Crippen LogP contribution in [0.15, 0.2) is 0 Å². The molecule has 5 nitrogen and oxygen atoms in total. The molecule has 0 aliphatic heterocycles. The number of aliphatic hydroxyl groups is 1. The molecule has 7 heteroatoms. The highest BCUT2D eigenvalue weighted by molar-refractivity contribution is 9.10. The Morgan fingerprint density at radius 2 is 1.80 bits per heavy atom. The number of hydrogen-bond donors (Lipinski definition) is 1. The van der Waals surface area contributed by atoms with E-state index in [1.807, 2.05) is 6.92 Å². The van der Waals surface area contributed by atoms with Crippen LogP contribution in [0.1, 0.15) is 72.1 Å². The molecular weight excluding hydrogens is 516 g/mol. The van der Waals surface area contributed by atoms with E-state index in [4.69, 9.17) is 4.74 Å². The molecule has 0 unspecified atom stereocenters. The maximum atomic E-state index is 13.8. The zero-order valence-corrected chi connectivity index (χ0v) is 21.2. The number of hydrogen-bond acceptors (Lipinski definition) is 5. The second-order valence-corrected chi connectivity index (χ2v) is 12.4. The molecule has 0 saturated heterocycles. The highest BCUT2D eigenvalue weighted by Gasteiger charge is 2.73. The smallest absolute Gasteiger partial charge is 0.302 e. The minimum Gasteiger partial charge on any atom is -0.463 e. The van der Waals surface area contributed by atoms with Crippen LogP contribution in [0.25, 0.3) is 0 Å². The van der Waals surface area contributed by atoms with Crippen molar-refractivity contribution < 1.29 is 24.2 Å². The van der Waals surface area contributed by atoms with Crippen molar-refractivity contribution in [2.45, 2.75) is 88.2 Å². The molecule has 30 heavy (non-hydrogen) atoms. The molecule has 0 heterocycles. The molecule has 168 valence electrons. The number of carbonyl (C=O) groups is 3. The van der Waals surface area contributed by atoms with Gasteiger partial charge in [-0.15, -0.1) is 0 Å². The number of alkyl halides is 2. The van der Waals surface area contributed by atoms with Gasteiger partial charge < -0.3 is 9.84 Å². The lowest BCUT2D eigenvalue weighted by molar-refractivity contribution is -0.174. The number of ketones is 2. The predicted molar refractivity (Wildman–Crippen MR) is 120 cm³/mol. The zero-order valence-electron chi connectivity index (χ0n) is 18.0. The van der Waals surface area contributed by atoms with Crippen LogP contribution in [-0.2, 0) is 19.1 Å². The van der Waals surface area contributed by atoms with Gasteiger partial charge in [-0.1, -0.05) is 45.7 Å². The van der Waals surface area contributed by atoms with Gasteiger partial charge in [-0.25, -0.2) is 0 Å². The van der Waals surface area contributed by atoms with Gasteiger partial charge in [0.25, 0.3) is 0 Å². The van der Waals surface area contributed by atoms with Gasteiger partial charge in [0.05, 0.1) is 9.65 Å². The third kappa shape index (κ3) is 2.83. The summed E-state index contributed by atoms with van der Waals surface area (Å²) in [5.74, 6) is 0.233. The van der Waals surface area contributed by atoms with E-state index in [2.05, 4.69) is 38.8 Å². The van der Waals surface area contributed by atoms with Gasteiger partial charge in [0.1, 0.15) is 11.7 Å². The highest BCUT2D eigenvalue weighted by Crippen LogP contribution is 2.71. The zero-order chi connectivity index (χ0) is 22.1. The maximum absolute atomic E-state index is 13.8. The number of esters is 1. The molecule has 0 aromatic rings. The summed E-state index contributed by atoms with van der Waals surface area (Å²) in [6.45, 7) is 5.65. The molecule has 0 radical (unpaired) electrons. The summed E-state index contributed by atoms with van der Waals surface area (Å²) in [5.41, 5.74) is -2.37. The van der Waals surface area contributed by atoms with Crippen LogP contribution in [0.3, 0.4) is 0 Å². The minimum atomic E-state index is -1.43. The topological polar surface area (TPSA) is 80.7 Å². The van der Waals surface area contributed by atoms with Crippen molar-refractivity contribution in [2.24, 2.45) is 28.6 Å². The van der Waals surface area contributed by atoms with E-state index in [-0.39, 0.29) is 52.6 Å². The summed E-state index contributed by atoms with van der Waals surface area (Å²) in [5, 5.41) is 11.5. The summed E-state index contributed by atoms with van der Waals surface area (Å²) >= 11 is 7.26. The SMILES string of the molecule is CC(=O)O[C@@H]1CC[C@]2(C)[C@@H](CC[C@@H]3[C@@H]4CC[C@](O)(C(=O)CBr)[C@]4(C)CC(=O)[C@@]32Br)C1. The first kappa shape index (κ1) is 22.9. The van der Waals surface area contributed by atoms with Crippen molar-refractivity contribution >= 4 is 49.4 Å². The van der Waals surface area contributed by atoms with Crippen molar-refractivity contribution in [3.8, 4) is 0 Å². The van der Waals surface area contributed by atoms with E-state index < -0.39 is 15.3 Å². The minimum absolute atomic E-state index is 0.0645. The van der Waals surface area contributed by atoms with Crippen LogP contribution in [0.2, 0.25) is 0 Å². The number of fused-ring (bicyclic) bond motifs is 5. The van der Waals surface area contributed by atoms with E-state index in [9.17, 15) is 19.5 Å². The van der Waals surface area contributed by atoms with Crippen LogP contribution in [-0.4, -0.2) is 44.0 Å². The summed E-state index contributed by atoms with van der Waals surface area (Å²) < 4.78 is 4.88. The number of rotatable bonds is 3. The Kier molecular flexibility index (Phi) is 5.63. The van der Waals surface area contributed by atoms with Crippen molar-refractivity contribution in [2.75, 3.05) is 5.33 Å². The number of Topliss-reactive ketones (excluding diaryl/α,β-unsaturated/α-hetero) is 2. The van der Waals surface area contributed by atoms with Gasteiger partial charge in [0.2, 0.25) is 0 Å². The average molecular weight is 548 g/mol. The second-order valence-electron chi connectivity index (χ2n) is 10.6. The highest BCUT2D eigenvalue weighted by atomic mass is 79.9. The van der Waals surface area contributed by atoms with Gasteiger partial charge in [-0.05, 0) is 68.1 Å². The van der Waals surface area contributed by atoms with Gasteiger partial charge in [-0.3, -0.25) is 14.4 Å². The molecule has 4 rings (SSSR count). The fraction of sp³-hybridized carbons (Fsp3) is 0.870. The molecule has 4 fully saturated rings. The molecule has 8 atom stereocenters.